The van der Waals surface area contributed by atoms with E-state index in [1.54, 1.807) is 11.3 Å². The first-order valence-electron chi connectivity index (χ1n) is 7.39. The van der Waals surface area contributed by atoms with E-state index >= 15 is 0 Å². The molecule has 0 aliphatic rings. The summed E-state index contributed by atoms with van der Waals surface area (Å²) in [6, 6.07) is 8.25. The van der Waals surface area contributed by atoms with Crippen LogP contribution in [0, 0.1) is 20.8 Å². The van der Waals surface area contributed by atoms with Crippen molar-refractivity contribution in [3.8, 4) is 11.3 Å². The van der Waals surface area contributed by atoms with E-state index in [1.807, 2.05) is 22.9 Å². The van der Waals surface area contributed by atoms with Crippen LogP contribution in [0.2, 0.25) is 0 Å². The summed E-state index contributed by atoms with van der Waals surface area (Å²) in [7, 11) is 0. The molecule has 1 N–H and O–H groups in total. The maximum Gasteiger partial charge on any atom is 0.231 e. The molecule has 0 unspecified atom stereocenters. The first-order chi connectivity index (χ1) is 11.0. The first-order valence-corrected chi connectivity index (χ1v) is 9.15. The lowest BCUT2D eigenvalue weighted by molar-refractivity contribution is -0.115. The average molecular weight is 342 g/mol. The molecule has 0 saturated carbocycles. The van der Waals surface area contributed by atoms with Crippen molar-refractivity contribution in [3.05, 3.63) is 56.6 Å². The minimum atomic E-state index is -0.0225. The monoisotopic (exact) mass is 342 g/mol. The molecule has 0 aliphatic carbocycles. The van der Waals surface area contributed by atoms with Crippen molar-refractivity contribution >= 4 is 33.7 Å². The summed E-state index contributed by atoms with van der Waals surface area (Å²) in [5.74, 6) is -0.0225. The number of thiophene rings is 1. The highest BCUT2D eigenvalue weighted by molar-refractivity contribution is 7.14. The minimum Gasteiger partial charge on any atom is -0.302 e. The molecule has 0 radical (unpaired) electrons. The summed E-state index contributed by atoms with van der Waals surface area (Å²) in [6.45, 7) is 6.30. The molecule has 118 valence electrons. The minimum absolute atomic E-state index is 0.0225. The first kappa shape index (κ1) is 15.9. The predicted molar refractivity (Wildman–Crippen MR) is 98.4 cm³/mol. The van der Waals surface area contributed by atoms with Crippen LogP contribution in [0.4, 0.5) is 5.13 Å². The van der Waals surface area contributed by atoms with Gasteiger partial charge in [0.15, 0.2) is 5.13 Å². The van der Waals surface area contributed by atoms with Gasteiger partial charge in [-0.2, -0.15) is 0 Å². The zero-order chi connectivity index (χ0) is 16.4. The Kier molecular flexibility index (Phi) is 4.59. The molecule has 0 saturated heterocycles. The van der Waals surface area contributed by atoms with Crippen molar-refractivity contribution in [1.29, 1.82) is 0 Å². The molecule has 2 aromatic heterocycles. The van der Waals surface area contributed by atoms with E-state index in [-0.39, 0.29) is 5.91 Å². The van der Waals surface area contributed by atoms with Crippen molar-refractivity contribution in [2.75, 3.05) is 5.32 Å². The Labute approximate surface area is 144 Å². The van der Waals surface area contributed by atoms with Crippen LogP contribution >= 0.6 is 22.7 Å². The maximum atomic E-state index is 12.1. The van der Waals surface area contributed by atoms with Gasteiger partial charge in [-0.3, -0.25) is 4.79 Å². The molecule has 23 heavy (non-hydrogen) atoms. The second-order valence-corrected chi connectivity index (χ2v) is 7.51. The number of carbonyl (C=O) groups excluding carboxylic acids is 1. The van der Waals surface area contributed by atoms with E-state index in [9.17, 15) is 4.79 Å². The second kappa shape index (κ2) is 6.64. The van der Waals surface area contributed by atoms with E-state index in [0.717, 1.165) is 16.1 Å². The number of aromatic nitrogens is 1. The van der Waals surface area contributed by atoms with Crippen LogP contribution in [0.1, 0.15) is 21.6 Å². The molecule has 3 nitrogen and oxygen atoms in total. The fraction of sp³-hybridized carbons (Fsp3) is 0.222. The van der Waals surface area contributed by atoms with Crippen LogP contribution in [-0.2, 0) is 11.2 Å². The summed E-state index contributed by atoms with van der Waals surface area (Å²) in [4.78, 5) is 17.7. The van der Waals surface area contributed by atoms with Crippen molar-refractivity contribution in [2.24, 2.45) is 0 Å². The number of nitrogens with one attached hydrogen (secondary N) is 1. The SMILES string of the molecule is Cc1cc(C)c(-c2csc(NC(=O)Cc3cccs3)n2)c(C)c1. The zero-order valence-electron chi connectivity index (χ0n) is 13.3. The number of anilines is 1. The lowest BCUT2D eigenvalue weighted by atomic mass is 9.98. The maximum absolute atomic E-state index is 12.1. The predicted octanol–water partition coefficient (Wildman–Crippen LogP) is 4.98. The zero-order valence-corrected chi connectivity index (χ0v) is 15.0. The molecule has 3 aromatic rings. The van der Waals surface area contributed by atoms with Crippen LogP contribution in [0.25, 0.3) is 11.3 Å². The topological polar surface area (TPSA) is 42.0 Å². The third-order valence-electron chi connectivity index (χ3n) is 3.60. The molecule has 0 bridgehead atoms. The summed E-state index contributed by atoms with van der Waals surface area (Å²) in [5, 5.41) is 7.53. The number of hydrogen-bond acceptors (Lipinski definition) is 4. The normalized spacial score (nSPS) is 10.7. The Balaban J connectivity index is 1.77. The van der Waals surface area contributed by atoms with Gasteiger partial charge in [0, 0.05) is 15.8 Å². The van der Waals surface area contributed by atoms with Gasteiger partial charge in [-0.1, -0.05) is 23.8 Å². The van der Waals surface area contributed by atoms with E-state index in [0.29, 0.717) is 11.6 Å². The Morgan fingerprint density at radius 3 is 2.57 bits per heavy atom. The van der Waals surface area contributed by atoms with E-state index in [4.69, 9.17) is 0 Å². The summed E-state index contributed by atoms with van der Waals surface area (Å²) < 4.78 is 0. The Bertz CT molecular complexity index is 812. The van der Waals surface area contributed by atoms with Gasteiger partial charge in [0.05, 0.1) is 12.1 Å². The van der Waals surface area contributed by atoms with Crippen LogP contribution in [0.5, 0.6) is 0 Å². The molecule has 1 amide bonds. The smallest absolute Gasteiger partial charge is 0.231 e. The number of aryl methyl sites for hydroxylation is 3. The van der Waals surface area contributed by atoms with Gasteiger partial charge in [-0.15, -0.1) is 22.7 Å². The third kappa shape index (κ3) is 3.68. The third-order valence-corrected chi connectivity index (χ3v) is 5.23. The largest absolute Gasteiger partial charge is 0.302 e. The fourth-order valence-electron chi connectivity index (χ4n) is 2.76. The van der Waals surface area contributed by atoms with Crippen molar-refractivity contribution < 1.29 is 4.79 Å². The standard InChI is InChI=1S/C18H18N2OS2/c1-11-7-12(2)17(13(3)8-11)15-10-23-18(19-15)20-16(21)9-14-5-4-6-22-14/h4-8,10H,9H2,1-3H3,(H,19,20,21). The van der Waals surface area contributed by atoms with Gasteiger partial charge in [0.25, 0.3) is 0 Å². The Morgan fingerprint density at radius 1 is 1.17 bits per heavy atom. The molecule has 0 spiro atoms. The Morgan fingerprint density at radius 2 is 1.91 bits per heavy atom. The van der Waals surface area contributed by atoms with E-state index in [2.05, 4.69) is 43.2 Å². The van der Waals surface area contributed by atoms with E-state index in [1.165, 1.54) is 28.0 Å². The van der Waals surface area contributed by atoms with Crippen LogP contribution in [0.15, 0.2) is 35.0 Å². The molecule has 0 aliphatic heterocycles. The van der Waals surface area contributed by atoms with Crippen LogP contribution in [0.3, 0.4) is 0 Å². The molecule has 1 aromatic carbocycles. The Hall–Kier alpha value is -1.98. The highest BCUT2D eigenvalue weighted by atomic mass is 32.1. The quantitative estimate of drug-likeness (QED) is 0.726. The van der Waals surface area contributed by atoms with Gasteiger partial charge in [0.2, 0.25) is 5.91 Å². The van der Waals surface area contributed by atoms with Crippen molar-refractivity contribution in [2.45, 2.75) is 27.2 Å². The number of nitrogens with zero attached hydrogens (tertiary/aromatic N) is 1. The molecule has 5 heteroatoms. The van der Waals surface area contributed by atoms with Gasteiger partial charge < -0.3 is 5.32 Å². The van der Waals surface area contributed by atoms with Gasteiger partial charge in [0.1, 0.15) is 0 Å². The number of rotatable bonds is 4. The molecular weight excluding hydrogens is 324 g/mol. The van der Waals surface area contributed by atoms with Crippen LogP contribution < -0.4 is 5.32 Å². The molecule has 2 heterocycles. The van der Waals surface area contributed by atoms with Gasteiger partial charge in [-0.25, -0.2) is 4.98 Å². The number of benzene rings is 1. The average Bonchev–Trinajstić information content (AvgIpc) is 3.10. The summed E-state index contributed by atoms with van der Waals surface area (Å²) >= 11 is 3.06. The summed E-state index contributed by atoms with van der Waals surface area (Å²) in [6.07, 6.45) is 0.398. The summed E-state index contributed by atoms with van der Waals surface area (Å²) in [5.41, 5.74) is 5.76. The highest BCUT2D eigenvalue weighted by Crippen LogP contribution is 2.31. The molecule has 0 atom stereocenters. The number of thiazole rings is 1. The fourth-order valence-corrected chi connectivity index (χ4v) is 4.19. The highest BCUT2D eigenvalue weighted by Gasteiger charge is 2.12. The molecule has 3 rings (SSSR count). The lowest BCUT2D eigenvalue weighted by Gasteiger charge is -2.08. The van der Waals surface area contributed by atoms with E-state index < -0.39 is 0 Å². The van der Waals surface area contributed by atoms with Gasteiger partial charge in [-0.05, 0) is 43.3 Å². The molecular formula is C18H18N2OS2. The van der Waals surface area contributed by atoms with Gasteiger partial charge >= 0.3 is 0 Å². The number of hydrogen-bond donors (Lipinski definition) is 1. The second-order valence-electron chi connectivity index (χ2n) is 5.62. The lowest BCUT2D eigenvalue weighted by Crippen LogP contribution is -2.13. The number of amides is 1. The van der Waals surface area contributed by atoms with Crippen molar-refractivity contribution in [1.82, 2.24) is 4.98 Å². The van der Waals surface area contributed by atoms with Crippen LogP contribution in [-0.4, -0.2) is 10.9 Å². The molecule has 0 fully saturated rings. The number of carbonyl (C=O) groups is 1. The van der Waals surface area contributed by atoms with Crippen molar-refractivity contribution in [3.63, 3.8) is 0 Å².